The minimum absolute atomic E-state index is 0.197. The summed E-state index contributed by atoms with van der Waals surface area (Å²) >= 11 is 1.63. The SMILES string of the molecule is CN(C)c1ccc(-c2ccc(-c3nc4ccc(OCCCOc5ccc6c(c5)CN(C5CCC(=O)NC5=O)C6=O)cc4s3)cc2)cn1. The van der Waals surface area contributed by atoms with Crippen LogP contribution in [0.2, 0.25) is 0 Å². The summed E-state index contributed by atoms with van der Waals surface area (Å²) in [5.74, 6) is 1.45. The van der Waals surface area contributed by atoms with E-state index in [1.54, 1.807) is 23.5 Å². The van der Waals surface area contributed by atoms with Gasteiger partial charge in [-0.05, 0) is 66.1 Å². The largest absolute Gasteiger partial charge is 0.493 e. The number of piperidine rings is 1. The fourth-order valence-electron chi connectivity index (χ4n) is 5.82. The van der Waals surface area contributed by atoms with Gasteiger partial charge < -0.3 is 19.3 Å². The van der Waals surface area contributed by atoms with Crippen LogP contribution in [0.25, 0.3) is 31.9 Å². The van der Waals surface area contributed by atoms with Gasteiger partial charge in [0.05, 0.1) is 23.4 Å². The van der Waals surface area contributed by atoms with Gasteiger partial charge in [-0.25, -0.2) is 9.97 Å². The second-order valence-electron chi connectivity index (χ2n) is 11.8. The van der Waals surface area contributed by atoms with E-state index in [-0.39, 0.29) is 18.2 Å². The minimum Gasteiger partial charge on any atom is -0.493 e. The molecule has 0 radical (unpaired) electrons. The van der Waals surface area contributed by atoms with Crippen LogP contribution in [0.1, 0.15) is 35.2 Å². The molecule has 5 aromatic rings. The van der Waals surface area contributed by atoms with E-state index in [0.717, 1.165) is 49.0 Å². The Balaban J connectivity index is 0.908. The molecule has 2 aromatic heterocycles. The van der Waals surface area contributed by atoms with Gasteiger partial charge in [-0.2, -0.15) is 0 Å². The van der Waals surface area contributed by atoms with E-state index in [9.17, 15) is 14.4 Å². The van der Waals surface area contributed by atoms with E-state index in [4.69, 9.17) is 14.5 Å². The smallest absolute Gasteiger partial charge is 0.255 e. The number of aromatic nitrogens is 2. The van der Waals surface area contributed by atoms with Crippen molar-refractivity contribution in [1.82, 2.24) is 20.2 Å². The summed E-state index contributed by atoms with van der Waals surface area (Å²) in [7, 11) is 3.96. The topological polar surface area (TPSA) is 114 Å². The van der Waals surface area contributed by atoms with E-state index in [1.165, 1.54) is 4.90 Å². The van der Waals surface area contributed by atoms with E-state index < -0.39 is 11.9 Å². The molecule has 4 heterocycles. The Labute approximate surface area is 276 Å². The molecule has 3 aromatic carbocycles. The molecule has 3 amide bonds. The monoisotopic (exact) mass is 647 g/mol. The van der Waals surface area contributed by atoms with Crippen molar-refractivity contribution in [3.8, 4) is 33.2 Å². The molecule has 47 heavy (non-hydrogen) atoms. The zero-order valence-corrected chi connectivity index (χ0v) is 26.9. The minimum atomic E-state index is -0.633. The number of amides is 3. The zero-order valence-electron chi connectivity index (χ0n) is 26.1. The van der Waals surface area contributed by atoms with Crippen LogP contribution in [0, 0.1) is 0 Å². The van der Waals surface area contributed by atoms with Crippen LogP contribution >= 0.6 is 11.3 Å². The number of pyridine rings is 1. The third kappa shape index (κ3) is 6.39. The summed E-state index contributed by atoms with van der Waals surface area (Å²) in [4.78, 5) is 49.6. The second kappa shape index (κ2) is 12.8. The first kappa shape index (κ1) is 30.4. The molecule has 1 saturated heterocycles. The number of hydrogen-bond acceptors (Lipinski definition) is 9. The Hall–Kier alpha value is -5.29. The van der Waals surface area contributed by atoms with Crippen molar-refractivity contribution in [1.29, 1.82) is 0 Å². The lowest BCUT2D eigenvalue weighted by Crippen LogP contribution is -2.52. The van der Waals surface area contributed by atoms with E-state index in [1.807, 2.05) is 55.5 Å². The number of ether oxygens (including phenoxy) is 2. The Kier molecular flexibility index (Phi) is 8.30. The molecule has 0 spiro atoms. The summed E-state index contributed by atoms with van der Waals surface area (Å²) < 4.78 is 13.0. The molecule has 0 bridgehead atoms. The summed E-state index contributed by atoms with van der Waals surface area (Å²) in [6, 6.07) is 23.2. The number of benzene rings is 3. The molecule has 1 atom stereocenters. The highest BCUT2D eigenvalue weighted by Gasteiger charge is 2.39. The molecule has 10 nitrogen and oxygen atoms in total. The molecular formula is C36H33N5O5S. The number of nitrogens with zero attached hydrogens (tertiary/aromatic N) is 4. The number of hydrogen-bond donors (Lipinski definition) is 1. The Morgan fingerprint density at radius 1 is 0.894 bits per heavy atom. The van der Waals surface area contributed by atoms with Crippen LogP contribution in [0.4, 0.5) is 5.82 Å². The number of fused-ring (bicyclic) bond motifs is 2. The van der Waals surface area contributed by atoms with Crippen LogP contribution in [0.5, 0.6) is 11.5 Å². The van der Waals surface area contributed by atoms with Gasteiger partial charge in [-0.15, -0.1) is 11.3 Å². The van der Waals surface area contributed by atoms with Crippen LogP contribution < -0.4 is 19.7 Å². The Morgan fingerprint density at radius 3 is 2.34 bits per heavy atom. The van der Waals surface area contributed by atoms with Crippen LogP contribution in [-0.2, 0) is 16.1 Å². The first-order valence-corrected chi connectivity index (χ1v) is 16.3. The fraction of sp³-hybridized carbons (Fsp3) is 0.250. The zero-order chi connectivity index (χ0) is 32.5. The standard InChI is InChI=1S/C36H33N5O5S/c1-40(2)32-14-8-24(20-37-32)22-4-6-23(7-5-22)35-38-29-12-10-27(19-31(29)47-35)46-17-3-16-45-26-9-11-28-25(18-26)21-41(36(28)44)30-13-15-33(42)39-34(30)43/h4-12,14,18-20,30H,3,13,15-17,21H2,1-2H3,(H,39,42,43). The van der Waals surface area contributed by atoms with E-state index in [2.05, 4.69) is 40.6 Å². The molecular weight excluding hydrogens is 614 g/mol. The normalized spacial score (nSPS) is 15.9. The summed E-state index contributed by atoms with van der Waals surface area (Å²) in [5, 5.41) is 3.28. The van der Waals surface area contributed by atoms with Crippen molar-refractivity contribution < 1.29 is 23.9 Å². The lowest BCUT2D eigenvalue weighted by molar-refractivity contribution is -0.136. The quantitative estimate of drug-likeness (QED) is 0.152. The van der Waals surface area contributed by atoms with Gasteiger partial charge in [0.25, 0.3) is 5.91 Å². The predicted octanol–water partition coefficient (Wildman–Crippen LogP) is 5.70. The van der Waals surface area contributed by atoms with Crippen molar-refractivity contribution in [3.05, 3.63) is 90.1 Å². The Morgan fingerprint density at radius 2 is 1.62 bits per heavy atom. The maximum Gasteiger partial charge on any atom is 0.255 e. The van der Waals surface area contributed by atoms with Gasteiger partial charge in [0.1, 0.15) is 28.4 Å². The molecule has 1 unspecified atom stereocenters. The maximum absolute atomic E-state index is 12.9. The molecule has 238 valence electrons. The molecule has 2 aliphatic rings. The maximum atomic E-state index is 12.9. The molecule has 2 aliphatic heterocycles. The molecule has 11 heteroatoms. The van der Waals surface area contributed by atoms with Crippen LogP contribution in [-0.4, -0.2) is 65.9 Å². The molecule has 1 fully saturated rings. The van der Waals surface area contributed by atoms with Gasteiger partial charge in [0, 0.05) is 56.4 Å². The molecule has 1 N–H and O–H groups in total. The van der Waals surface area contributed by atoms with Crippen LogP contribution in [0.3, 0.4) is 0 Å². The van der Waals surface area contributed by atoms with Gasteiger partial charge in [0.2, 0.25) is 11.8 Å². The average molecular weight is 648 g/mol. The summed E-state index contributed by atoms with van der Waals surface area (Å²) in [6.07, 6.45) is 3.13. The van der Waals surface area contributed by atoms with Crippen molar-refractivity contribution in [3.63, 3.8) is 0 Å². The van der Waals surface area contributed by atoms with Crippen molar-refractivity contribution in [2.45, 2.75) is 31.8 Å². The lowest BCUT2D eigenvalue weighted by atomic mass is 10.0. The first-order valence-electron chi connectivity index (χ1n) is 15.5. The van der Waals surface area contributed by atoms with Crippen molar-refractivity contribution in [2.75, 3.05) is 32.2 Å². The van der Waals surface area contributed by atoms with Crippen molar-refractivity contribution in [2.24, 2.45) is 0 Å². The number of anilines is 1. The van der Waals surface area contributed by atoms with Gasteiger partial charge in [0.15, 0.2) is 0 Å². The van der Waals surface area contributed by atoms with E-state index in [0.29, 0.717) is 43.9 Å². The second-order valence-corrected chi connectivity index (χ2v) is 12.8. The third-order valence-corrected chi connectivity index (χ3v) is 9.42. The summed E-state index contributed by atoms with van der Waals surface area (Å²) in [6.45, 7) is 1.25. The summed E-state index contributed by atoms with van der Waals surface area (Å²) in [5.41, 5.74) is 5.55. The average Bonchev–Trinajstić information content (AvgIpc) is 3.65. The third-order valence-electron chi connectivity index (χ3n) is 8.35. The number of thiazole rings is 1. The number of imide groups is 1. The highest BCUT2D eigenvalue weighted by Crippen LogP contribution is 2.34. The van der Waals surface area contributed by atoms with Gasteiger partial charge in [-0.1, -0.05) is 24.3 Å². The first-order chi connectivity index (χ1) is 22.8. The predicted molar refractivity (Wildman–Crippen MR) is 181 cm³/mol. The molecule has 0 aliphatic carbocycles. The molecule has 7 rings (SSSR count). The van der Waals surface area contributed by atoms with Gasteiger partial charge >= 0.3 is 0 Å². The highest BCUT2D eigenvalue weighted by atomic mass is 32.1. The number of nitrogens with one attached hydrogen (secondary N) is 1. The fourth-order valence-corrected chi connectivity index (χ4v) is 6.82. The van der Waals surface area contributed by atoms with Gasteiger partial charge in [-0.3, -0.25) is 19.7 Å². The molecule has 0 saturated carbocycles. The van der Waals surface area contributed by atoms with Crippen molar-refractivity contribution >= 4 is 45.1 Å². The number of rotatable bonds is 10. The lowest BCUT2D eigenvalue weighted by Gasteiger charge is -2.29. The Bertz CT molecular complexity index is 1970. The highest BCUT2D eigenvalue weighted by molar-refractivity contribution is 7.21. The number of carbonyl (C=O) groups excluding carboxylic acids is 3. The van der Waals surface area contributed by atoms with Crippen LogP contribution in [0.15, 0.2) is 79.0 Å². The number of carbonyl (C=O) groups is 3. The van der Waals surface area contributed by atoms with E-state index >= 15 is 0 Å².